The number of benzene rings is 1. The van der Waals surface area contributed by atoms with E-state index in [1.807, 2.05) is 18.2 Å². The summed E-state index contributed by atoms with van der Waals surface area (Å²) in [5.74, 6) is 0.739. The van der Waals surface area contributed by atoms with E-state index in [-0.39, 0.29) is 6.04 Å². The average molecular weight is 257 g/mol. The second-order valence-corrected chi connectivity index (χ2v) is 5.55. The Labute approximate surface area is 116 Å². The molecule has 1 heterocycles. The molecule has 1 fully saturated rings. The standard InChI is InChI=1S/C16H23N3/c1-13-8-10-19(15(11-13)12-18)16(7-9-17)14-5-3-2-4-6-14/h2-6,13,15-16H,7-8,10-12,18H2,1H3. The van der Waals surface area contributed by atoms with Gasteiger partial charge in [0.1, 0.15) is 0 Å². The molecule has 2 N–H and O–H groups in total. The van der Waals surface area contributed by atoms with Crippen LogP contribution in [-0.2, 0) is 0 Å². The van der Waals surface area contributed by atoms with Crippen LogP contribution in [0.2, 0.25) is 0 Å². The monoisotopic (exact) mass is 257 g/mol. The van der Waals surface area contributed by atoms with Gasteiger partial charge in [0.2, 0.25) is 0 Å². The Hall–Kier alpha value is -1.37. The zero-order chi connectivity index (χ0) is 13.7. The minimum absolute atomic E-state index is 0.187. The van der Waals surface area contributed by atoms with Gasteiger partial charge in [-0.05, 0) is 30.9 Å². The Kier molecular flexibility index (Phi) is 4.95. The smallest absolute Gasteiger partial charge is 0.0641 e. The van der Waals surface area contributed by atoms with Crippen LogP contribution in [0.25, 0.3) is 0 Å². The topological polar surface area (TPSA) is 53.0 Å². The van der Waals surface area contributed by atoms with Crippen LogP contribution in [0.3, 0.4) is 0 Å². The molecule has 1 aromatic rings. The lowest BCUT2D eigenvalue weighted by molar-refractivity contribution is 0.0771. The first-order valence-electron chi connectivity index (χ1n) is 7.14. The Morgan fingerprint density at radius 3 is 2.79 bits per heavy atom. The number of nitriles is 1. The number of nitrogens with zero attached hydrogens (tertiary/aromatic N) is 2. The van der Waals surface area contributed by atoms with E-state index in [4.69, 9.17) is 11.0 Å². The lowest BCUT2D eigenvalue weighted by Crippen LogP contribution is -2.47. The summed E-state index contributed by atoms with van der Waals surface area (Å²) in [6, 6.07) is 13.3. The highest BCUT2D eigenvalue weighted by Gasteiger charge is 2.31. The summed E-state index contributed by atoms with van der Waals surface area (Å²) in [6.45, 7) is 4.02. The summed E-state index contributed by atoms with van der Waals surface area (Å²) in [5, 5.41) is 9.13. The molecule has 0 amide bonds. The summed E-state index contributed by atoms with van der Waals surface area (Å²) >= 11 is 0. The van der Waals surface area contributed by atoms with Crippen molar-refractivity contribution in [3.8, 4) is 6.07 Å². The quantitative estimate of drug-likeness (QED) is 0.902. The molecule has 3 nitrogen and oxygen atoms in total. The molecule has 0 aliphatic carbocycles. The minimum Gasteiger partial charge on any atom is -0.329 e. The molecule has 3 heteroatoms. The first-order chi connectivity index (χ1) is 9.26. The van der Waals surface area contributed by atoms with Crippen molar-refractivity contribution in [2.45, 2.75) is 38.3 Å². The predicted octanol–water partition coefficient (Wildman–Crippen LogP) is 2.70. The van der Waals surface area contributed by atoms with Crippen LogP contribution in [0.1, 0.15) is 37.8 Å². The van der Waals surface area contributed by atoms with Crippen molar-refractivity contribution < 1.29 is 0 Å². The summed E-state index contributed by atoms with van der Waals surface area (Å²) in [5.41, 5.74) is 7.18. The molecule has 2 rings (SSSR count). The van der Waals surface area contributed by atoms with Gasteiger partial charge in [-0.25, -0.2) is 0 Å². The molecular weight excluding hydrogens is 234 g/mol. The first kappa shape index (κ1) is 14.0. The Morgan fingerprint density at radius 1 is 1.42 bits per heavy atom. The molecule has 0 saturated carbocycles. The lowest BCUT2D eigenvalue weighted by Gasteiger charge is -2.42. The van der Waals surface area contributed by atoms with Crippen LogP contribution in [-0.4, -0.2) is 24.0 Å². The summed E-state index contributed by atoms with van der Waals surface area (Å²) in [4.78, 5) is 2.44. The number of hydrogen-bond acceptors (Lipinski definition) is 3. The molecule has 1 aliphatic rings. The van der Waals surface area contributed by atoms with E-state index in [0.717, 1.165) is 18.9 Å². The van der Waals surface area contributed by atoms with Gasteiger partial charge in [-0.1, -0.05) is 37.3 Å². The third kappa shape index (κ3) is 3.34. The van der Waals surface area contributed by atoms with E-state index in [2.05, 4.69) is 30.0 Å². The van der Waals surface area contributed by atoms with Gasteiger partial charge in [0, 0.05) is 18.6 Å². The second-order valence-electron chi connectivity index (χ2n) is 5.55. The van der Waals surface area contributed by atoms with E-state index < -0.39 is 0 Å². The van der Waals surface area contributed by atoms with Crippen molar-refractivity contribution in [3.05, 3.63) is 35.9 Å². The second kappa shape index (κ2) is 6.70. The van der Waals surface area contributed by atoms with Gasteiger partial charge in [-0.3, -0.25) is 4.90 Å². The summed E-state index contributed by atoms with van der Waals surface area (Å²) in [6.07, 6.45) is 2.88. The fourth-order valence-corrected chi connectivity index (χ4v) is 3.10. The Balaban J connectivity index is 2.21. The highest BCUT2D eigenvalue weighted by atomic mass is 15.2. The van der Waals surface area contributed by atoms with Crippen molar-refractivity contribution in [2.75, 3.05) is 13.1 Å². The van der Waals surface area contributed by atoms with Crippen molar-refractivity contribution in [3.63, 3.8) is 0 Å². The lowest BCUT2D eigenvalue weighted by atomic mass is 9.89. The molecule has 0 aromatic heterocycles. The van der Waals surface area contributed by atoms with Crippen LogP contribution >= 0.6 is 0 Å². The normalized spacial score (nSPS) is 25.7. The highest BCUT2D eigenvalue weighted by Crippen LogP contribution is 2.32. The maximum atomic E-state index is 9.13. The third-order valence-electron chi connectivity index (χ3n) is 4.16. The zero-order valence-electron chi connectivity index (χ0n) is 11.6. The summed E-state index contributed by atoms with van der Waals surface area (Å²) < 4.78 is 0. The molecule has 0 spiro atoms. The average Bonchev–Trinajstić information content (AvgIpc) is 2.46. The maximum Gasteiger partial charge on any atom is 0.0641 e. The Bertz CT molecular complexity index is 423. The van der Waals surface area contributed by atoms with E-state index >= 15 is 0 Å². The van der Waals surface area contributed by atoms with Crippen molar-refractivity contribution in [1.29, 1.82) is 5.26 Å². The molecule has 1 aromatic carbocycles. The molecule has 0 radical (unpaired) electrons. The van der Waals surface area contributed by atoms with Crippen LogP contribution < -0.4 is 5.73 Å². The van der Waals surface area contributed by atoms with E-state index in [1.54, 1.807) is 0 Å². The number of likely N-dealkylation sites (tertiary alicyclic amines) is 1. The van der Waals surface area contributed by atoms with E-state index in [9.17, 15) is 0 Å². The number of hydrogen-bond donors (Lipinski definition) is 1. The molecule has 19 heavy (non-hydrogen) atoms. The van der Waals surface area contributed by atoms with Crippen molar-refractivity contribution >= 4 is 0 Å². The predicted molar refractivity (Wildman–Crippen MR) is 77.4 cm³/mol. The number of rotatable bonds is 4. The Morgan fingerprint density at radius 2 is 2.16 bits per heavy atom. The van der Waals surface area contributed by atoms with Crippen molar-refractivity contribution in [1.82, 2.24) is 4.90 Å². The zero-order valence-corrected chi connectivity index (χ0v) is 11.6. The van der Waals surface area contributed by atoms with Crippen molar-refractivity contribution in [2.24, 2.45) is 11.7 Å². The third-order valence-corrected chi connectivity index (χ3v) is 4.16. The molecular formula is C16H23N3. The molecule has 1 aliphatic heterocycles. The molecule has 0 bridgehead atoms. The SMILES string of the molecule is CC1CCN(C(CC#N)c2ccccc2)C(CN)C1. The molecule has 3 unspecified atom stereocenters. The van der Waals surface area contributed by atoms with Crippen LogP contribution in [0.15, 0.2) is 30.3 Å². The van der Waals surface area contributed by atoms with Crippen LogP contribution in [0, 0.1) is 17.2 Å². The van der Waals surface area contributed by atoms with Gasteiger partial charge in [0.25, 0.3) is 0 Å². The number of nitrogens with two attached hydrogens (primary N) is 1. The maximum absolute atomic E-state index is 9.13. The van der Waals surface area contributed by atoms with E-state index in [1.165, 1.54) is 12.0 Å². The van der Waals surface area contributed by atoms with Crippen LogP contribution in [0.5, 0.6) is 0 Å². The molecule has 3 atom stereocenters. The number of piperidine rings is 1. The van der Waals surface area contributed by atoms with Gasteiger partial charge >= 0.3 is 0 Å². The molecule has 102 valence electrons. The van der Waals surface area contributed by atoms with Gasteiger partial charge in [0.05, 0.1) is 12.5 Å². The highest BCUT2D eigenvalue weighted by molar-refractivity contribution is 5.20. The summed E-state index contributed by atoms with van der Waals surface area (Å²) in [7, 11) is 0. The molecule has 1 saturated heterocycles. The first-order valence-corrected chi connectivity index (χ1v) is 7.14. The van der Waals surface area contributed by atoms with Gasteiger partial charge < -0.3 is 5.73 Å². The van der Waals surface area contributed by atoms with Gasteiger partial charge in [-0.15, -0.1) is 0 Å². The fourth-order valence-electron chi connectivity index (χ4n) is 3.10. The van der Waals surface area contributed by atoms with E-state index in [0.29, 0.717) is 19.0 Å². The van der Waals surface area contributed by atoms with Gasteiger partial charge in [-0.2, -0.15) is 5.26 Å². The largest absolute Gasteiger partial charge is 0.329 e. The van der Waals surface area contributed by atoms with Gasteiger partial charge in [0.15, 0.2) is 0 Å². The minimum atomic E-state index is 0.187. The fraction of sp³-hybridized carbons (Fsp3) is 0.562. The van der Waals surface area contributed by atoms with Crippen LogP contribution in [0.4, 0.5) is 0 Å².